The molecule has 0 aliphatic heterocycles. The van der Waals surface area contributed by atoms with Gasteiger partial charge in [0.15, 0.2) is 5.82 Å². The molecule has 0 N–H and O–H groups in total. The minimum atomic E-state index is -0.458. The number of nitrogens with zero attached hydrogens (tertiary/aromatic N) is 5. The first-order valence-corrected chi connectivity index (χ1v) is 18.5. The molecule has 0 saturated carbocycles. The molecule has 0 bridgehead atoms. The first-order chi connectivity index (χ1) is 25.8. The molecule has 5 aromatic carbocycles. The van der Waals surface area contributed by atoms with Crippen molar-refractivity contribution >= 4 is 21.8 Å². The molecule has 0 unspecified atom stereocenters. The van der Waals surface area contributed by atoms with Crippen LogP contribution in [0.1, 0.15) is 77.9 Å². The third kappa shape index (κ3) is 7.28. The molecule has 3 heterocycles. The molecule has 6 nitrogen and oxygen atoms in total. The van der Waals surface area contributed by atoms with E-state index in [0.29, 0.717) is 11.5 Å². The Morgan fingerprint density at radius 1 is 0.618 bits per heavy atom. The van der Waals surface area contributed by atoms with E-state index in [1.54, 1.807) is 0 Å². The van der Waals surface area contributed by atoms with Gasteiger partial charge in [0, 0.05) is 49.7 Å². The van der Waals surface area contributed by atoms with Crippen molar-refractivity contribution in [2.75, 3.05) is 0 Å². The molecule has 3 aromatic heterocycles. The van der Waals surface area contributed by atoms with Crippen LogP contribution in [0.2, 0.25) is 0 Å². The maximum absolute atomic E-state index is 6.57. The van der Waals surface area contributed by atoms with Crippen molar-refractivity contribution < 1.29 is 30.5 Å². The Bertz CT molecular complexity index is 2640. The SMILES string of the molecule is CC(C)(C)c1cccc(-[n+]2[c-]n(-c3[c-]c(Oc4[c-]c5c(cc4)c4ccccc4n5-c4cc(C(C)(C)C)ccn4)ccc3)c(C(C)(C)c3ccccc3)n2)c1.[Pt]. The van der Waals surface area contributed by atoms with Gasteiger partial charge < -0.3 is 13.9 Å². The molecule has 0 atom stereocenters. The molecule has 0 saturated heterocycles. The Morgan fingerprint density at radius 3 is 2.05 bits per heavy atom. The summed E-state index contributed by atoms with van der Waals surface area (Å²) >= 11 is 0. The third-order valence-electron chi connectivity index (χ3n) is 10.2. The largest absolute Gasteiger partial charge is 0.510 e. The Balaban J connectivity index is 0.00000465. The van der Waals surface area contributed by atoms with E-state index in [1.165, 1.54) is 11.1 Å². The standard InChI is InChI=1S/C48H45N5O.Pt/c1-46(2,3)34-18-14-20-37(28-34)52-32-51(45(50-52)48(7,8)33-16-10-9-11-17-33)36-19-15-21-38(30-36)54-39-24-25-41-40-22-12-13-23-42(40)53(43(41)31-39)44-29-35(26-27-49-44)47(4,5)6;/h9-29H,1-8H3;/q-2;. The molecule has 0 radical (unpaired) electrons. The van der Waals surface area contributed by atoms with Crippen molar-refractivity contribution in [1.82, 2.24) is 19.2 Å². The first-order valence-electron chi connectivity index (χ1n) is 18.5. The topological polar surface area (TPSA) is 48.8 Å². The zero-order chi connectivity index (χ0) is 37.8. The van der Waals surface area contributed by atoms with Crippen LogP contribution in [0.4, 0.5) is 0 Å². The zero-order valence-corrected chi connectivity index (χ0v) is 34.9. The van der Waals surface area contributed by atoms with Crippen molar-refractivity contribution in [2.45, 2.75) is 71.6 Å². The Morgan fingerprint density at radius 2 is 1.29 bits per heavy atom. The molecule has 7 heteroatoms. The predicted molar refractivity (Wildman–Crippen MR) is 216 cm³/mol. The molecule has 0 aliphatic rings. The number of hydrogen-bond donors (Lipinski definition) is 0. The van der Waals surface area contributed by atoms with Crippen molar-refractivity contribution in [3.8, 4) is 28.7 Å². The Hall–Kier alpha value is -5.32. The van der Waals surface area contributed by atoms with Crippen LogP contribution in [0.3, 0.4) is 0 Å². The fraction of sp³-hybridized carbons (Fsp3) is 0.229. The Labute approximate surface area is 338 Å². The van der Waals surface area contributed by atoms with Crippen LogP contribution in [0.25, 0.3) is 39.0 Å². The van der Waals surface area contributed by atoms with Crippen molar-refractivity contribution in [3.63, 3.8) is 0 Å². The molecule has 0 spiro atoms. The summed E-state index contributed by atoms with van der Waals surface area (Å²) in [4.78, 5) is 4.83. The molecule has 0 aliphatic carbocycles. The maximum atomic E-state index is 6.57. The summed E-state index contributed by atoms with van der Waals surface area (Å²) in [5, 5.41) is 7.42. The van der Waals surface area contributed by atoms with Gasteiger partial charge in [-0.1, -0.05) is 139 Å². The van der Waals surface area contributed by atoms with Crippen LogP contribution in [-0.2, 0) is 37.3 Å². The number of hydrogen-bond acceptors (Lipinski definition) is 3. The second-order valence-electron chi connectivity index (χ2n) is 16.6. The minimum absolute atomic E-state index is 0. The van der Waals surface area contributed by atoms with Crippen molar-refractivity contribution in [1.29, 1.82) is 0 Å². The second-order valence-corrected chi connectivity index (χ2v) is 16.6. The van der Waals surface area contributed by atoms with E-state index in [4.69, 9.17) is 14.8 Å². The second kappa shape index (κ2) is 14.4. The van der Waals surface area contributed by atoms with E-state index >= 15 is 0 Å². The summed E-state index contributed by atoms with van der Waals surface area (Å²) in [5.41, 5.74) is 6.78. The summed E-state index contributed by atoms with van der Waals surface area (Å²) in [6.45, 7) is 17.7. The van der Waals surface area contributed by atoms with E-state index in [9.17, 15) is 0 Å². The van der Waals surface area contributed by atoms with Crippen LogP contribution in [0, 0.1) is 18.5 Å². The summed E-state index contributed by atoms with van der Waals surface area (Å²) in [6.07, 6.45) is 5.45. The molecule has 0 fully saturated rings. The maximum Gasteiger partial charge on any atom is 0.271 e. The molecule has 280 valence electrons. The quantitative estimate of drug-likeness (QED) is 0.118. The van der Waals surface area contributed by atoms with Gasteiger partial charge in [0.1, 0.15) is 5.82 Å². The Kier molecular flexibility index (Phi) is 9.94. The van der Waals surface area contributed by atoms with Gasteiger partial charge in [0.05, 0.1) is 5.69 Å². The fourth-order valence-electron chi connectivity index (χ4n) is 7.00. The van der Waals surface area contributed by atoms with Crippen molar-refractivity contribution in [2.24, 2.45) is 0 Å². The first kappa shape index (κ1) is 38.0. The number of rotatable bonds is 7. The van der Waals surface area contributed by atoms with Gasteiger partial charge >= 0.3 is 0 Å². The van der Waals surface area contributed by atoms with Gasteiger partial charge in [-0.25, -0.2) is 4.98 Å². The van der Waals surface area contributed by atoms with Crippen molar-refractivity contribution in [3.05, 3.63) is 168 Å². The molecular formula is C48H45N5OPt-2. The number of fused-ring (bicyclic) bond motifs is 3. The van der Waals surface area contributed by atoms with E-state index in [0.717, 1.165) is 50.4 Å². The number of benzene rings is 5. The number of pyridine rings is 1. The minimum Gasteiger partial charge on any atom is -0.510 e. The molecule has 8 rings (SSSR count). The third-order valence-corrected chi connectivity index (χ3v) is 10.2. The monoisotopic (exact) mass is 902 g/mol. The van der Waals surface area contributed by atoms with E-state index in [1.807, 2.05) is 45.8 Å². The number of ether oxygens (including phenoxy) is 1. The van der Waals surface area contributed by atoms with Gasteiger partial charge in [-0.2, -0.15) is 22.9 Å². The van der Waals surface area contributed by atoms with E-state index in [-0.39, 0.29) is 31.9 Å². The van der Waals surface area contributed by atoms with Gasteiger partial charge in [0.25, 0.3) is 6.33 Å². The van der Waals surface area contributed by atoms with Crippen LogP contribution in [0.5, 0.6) is 11.5 Å². The fourth-order valence-corrected chi connectivity index (χ4v) is 7.00. The molecule has 55 heavy (non-hydrogen) atoms. The average molecular weight is 903 g/mol. The van der Waals surface area contributed by atoms with Crippen LogP contribution in [0.15, 0.2) is 128 Å². The summed E-state index contributed by atoms with van der Waals surface area (Å²) in [5.74, 6) is 2.82. The zero-order valence-electron chi connectivity index (χ0n) is 32.6. The van der Waals surface area contributed by atoms with E-state index in [2.05, 4.69) is 169 Å². The molecule has 0 amide bonds. The smallest absolute Gasteiger partial charge is 0.271 e. The number of para-hydroxylation sites is 1. The summed E-state index contributed by atoms with van der Waals surface area (Å²) in [7, 11) is 0. The number of aromatic nitrogens is 5. The predicted octanol–water partition coefficient (Wildman–Crippen LogP) is 10.8. The normalized spacial score (nSPS) is 12.2. The van der Waals surface area contributed by atoms with Gasteiger partial charge in [-0.05, 0) is 51.1 Å². The van der Waals surface area contributed by atoms with E-state index < -0.39 is 5.41 Å². The molecule has 8 aromatic rings. The molecular weight excluding hydrogens is 858 g/mol. The summed E-state index contributed by atoms with van der Waals surface area (Å²) in [6, 6.07) is 48.8. The van der Waals surface area contributed by atoms with Crippen LogP contribution >= 0.6 is 0 Å². The van der Waals surface area contributed by atoms with Gasteiger partial charge in [0.2, 0.25) is 0 Å². The van der Waals surface area contributed by atoms with Gasteiger partial charge in [-0.15, -0.1) is 34.8 Å². The van der Waals surface area contributed by atoms with Gasteiger partial charge in [-0.3, -0.25) is 0 Å². The summed E-state index contributed by atoms with van der Waals surface area (Å²) < 4.78 is 12.6. The van der Waals surface area contributed by atoms with Crippen LogP contribution < -0.4 is 9.42 Å². The average Bonchev–Trinajstić information content (AvgIpc) is 3.76. The van der Waals surface area contributed by atoms with Crippen LogP contribution in [-0.4, -0.2) is 19.2 Å².